The van der Waals surface area contributed by atoms with Gasteiger partial charge in [-0.1, -0.05) is 13.8 Å². The molecule has 0 unspecified atom stereocenters. The smallest absolute Gasteiger partial charge is 0.255 e. The highest BCUT2D eigenvalue weighted by molar-refractivity contribution is 7.89. The third kappa shape index (κ3) is 5.75. The van der Waals surface area contributed by atoms with E-state index in [9.17, 15) is 17.6 Å². The van der Waals surface area contributed by atoms with Crippen LogP contribution in [-0.4, -0.2) is 26.4 Å². The van der Waals surface area contributed by atoms with Gasteiger partial charge in [0.05, 0.1) is 4.90 Å². The number of carbonyl (C=O) groups excluding carboxylic acids is 1. The van der Waals surface area contributed by atoms with Gasteiger partial charge in [0.25, 0.3) is 5.91 Å². The lowest BCUT2D eigenvalue weighted by molar-refractivity contribution is 0.102. The first kappa shape index (κ1) is 24.0. The Hall–Kier alpha value is -2.00. The summed E-state index contributed by atoms with van der Waals surface area (Å²) in [5, 5.41) is 2.64. The monoisotopic (exact) mass is 429 g/mol. The lowest BCUT2D eigenvalue weighted by Crippen LogP contribution is -2.52. The van der Waals surface area contributed by atoms with Gasteiger partial charge >= 0.3 is 0 Å². The number of sulfonamides is 1. The molecule has 2 aromatic rings. The van der Waals surface area contributed by atoms with E-state index >= 15 is 0 Å². The van der Waals surface area contributed by atoms with Crippen molar-refractivity contribution in [3.8, 4) is 0 Å². The van der Waals surface area contributed by atoms with E-state index in [1.807, 2.05) is 13.8 Å². The van der Waals surface area contributed by atoms with Crippen molar-refractivity contribution in [1.82, 2.24) is 4.72 Å². The maximum absolute atomic E-state index is 12.9. The molecule has 0 aliphatic carbocycles. The Labute approximate surface area is 171 Å². The number of nitrogens with two attached hydrogens (primary N) is 1. The number of anilines is 1. The number of nitrogens with one attached hydrogen (secondary N) is 2. The molecule has 0 aliphatic heterocycles. The quantitative estimate of drug-likeness (QED) is 0.599. The molecule has 2 rings (SSSR count). The number of hydrogen-bond donors (Lipinski definition) is 3. The van der Waals surface area contributed by atoms with Crippen LogP contribution in [0.5, 0.6) is 0 Å². The fourth-order valence-electron chi connectivity index (χ4n) is 2.59. The minimum atomic E-state index is -3.74. The van der Waals surface area contributed by atoms with Crippen LogP contribution in [0.4, 0.5) is 10.1 Å². The SMILES string of the molecule is CCC(CC)(CN)NS(=O)(=O)c1ccc(NC(=O)c2ccc(F)cc2)cc1.Cl. The summed E-state index contributed by atoms with van der Waals surface area (Å²) in [6, 6.07) is 11.0. The van der Waals surface area contributed by atoms with Crippen LogP contribution >= 0.6 is 12.4 Å². The molecular weight excluding hydrogens is 405 g/mol. The molecule has 0 atom stereocenters. The van der Waals surface area contributed by atoms with Gasteiger partial charge < -0.3 is 11.1 Å². The molecule has 0 saturated heterocycles. The van der Waals surface area contributed by atoms with E-state index in [0.717, 1.165) is 0 Å². The summed E-state index contributed by atoms with van der Waals surface area (Å²) in [4.78, 5) is 12.2. The summed E-state index contributed by atoms with van der Waals surface area (Å²) in [5.74, 6) is -0.843. The minimum absolute atomic E-state index is 0. The van der Waals surface area contributed by atoms with Gasteiger partial charge in [-0.3, -0.25) is 4.79 Å². The maximum atomic E-state index is 12.9. The van der Waals surface area contributed by atoms with Crippen LogP contribution in [0.15, 0.2) is 53.4 Å². The topological polar surface area (TPSA) is 101 Å². The number of rotatable bonds is 8. The molecule has 2 aromatic carbocycles. The van der Waals surface area contributed by atoms with Gasteiger partial charge in [0, 0.05) is 23.3 Å². The van der Waals surface area contributed by atoms with Gasteiger partial charge in [-0.25, -0.2) is 17.5 Å². The number of carbonyl (C=O) groups is 1. The van der Waals surface area contributed by atoms with Crippen molar-refractivity contribution in [3.63, 3.8) is 0 Å². The standard InChI is InChI=1S/C19H24FN3O3S.ClH/c1-3-19(4-2,13-21)23-27(25,26)17-11-9-16(10-12-17)22-18(24)14-5-7-15(20)8-6-14;/h5-12,23H,3-4,13,21H2,1-2H3,(H,22,24);1H. The molecule has 6 nitrogen and oxygen atoms in total. The summed E-state index contributed by atoms with van der Waals surface area (Å²) in [7, 11) is -3.74. The highest BCUT2D eigenvalue weighted by Gasteiger charge is 2.30. The normalized spacial score (nSPS) is 11.6. The Balaban J connectivity index is 0.00000392. The molecule has 154 valence electrons. The van der Waals surface area contributed by atoms with E-state index in [0.29, 0.717) is 24.1 Å². The average Bonchev–Trinajstić information content (AvgIpc) is 2.67. The molecule has 0 spiro atoms. The third-order valence-electron chi connectivity index (χ3n) is 4.62. The molecule has 0 bridgehead atoms. The zero-order valence-corrected chi connectivity index (χ0v) is 17.4. The molecule has 4 N–H and O–H groups in total. The van der Waals surface area contributed by atoms with E-state index in [-0.39, 0.29) is 23.8 Å². The molecule has 0 heterocycles. The predicted molar refractivity (Wildman–Crippen MR) is 111 cm³/mol. The Morgan fingerprint density at radius 3 is 2.04 bits per heavy atom. The van der Waals surface area contributed by atoms with Gasteiger partial charge in [0.2, 0.25) is 10.0 Å². The third-order valence-corrected chi connectivity index (χ3v) is 6.22. The number of benzene rings is 2. The van der Waals surface area contributed by atoms with Crippen molar-refractivity contribution >= 4 is 34.0 Å². The average molecular weight is 430 g/mol. The van der Waals surface area contributed by atoms with Crippen molar-refractivity contribution < 1.29 is 17.6 Å². The summed E-state index contributed by atoms with van der Waals surface area (Å²) in [6.07, 6.45) is 1.15. The van der Waals surface area contributed by atoms with Crippen LogP contribution in [0.3, 0.4) is 0 Å². The molecular formula is C19H25ClFN3O3S. The van der Waals surface area contributed by atoms with Crippen molar-refractivity contribution in [2.75, 3.05) is 11.9 Å². The molecule has 9 heteroatoms. The van der Waals surface area contributed by atoms with Crippen LogP contribution < -0.4 is 15.8 Å². The molecule has 1 amide bonds. The van der Waals surface area contributed by atoms with Crippen LogP contribution in [0.25, 0.3) is 0 Å². The van der Waals surface area contributed by atoms with Gasteiger partial charge in [-0.15, -0.1) is 12.4 Å². The lowest BCUT2D eigenvalue weighted by atomic mass is 9.95. The highest BCUT2D eigenvalue weighted by Crippen LogP contribution is 2.20. The van der Waals surface area contributed by atoms with E-state index in [4.69, 9.17) is 5.73 Å². The first-order chi connectivity index (χ1) is 12.7. The zero-order chi connectivity index (χ0) is 20.1. The number of amides is 1. The first-order valence-electron chi connectivity index (χ1n) is 8.66. The molecule has 0 aromatic heterocycles. The van der Waals surface area contributed by atoms with E-state index in [1.165, 1.54) is 48.5 Å². The summed E-state index contributed by atoms with van der Waals surface area (Å²) in [5.41, 5.74) is 5.80. The van der Waals surface area contributed by atoms with Gasteiger partial charge in [-0.2, -0.15) is 0 Å². The van der Waals surface area contributed by atoms with Crippen LogP contribution in [0.2, 0.25) is 0 Å². The Morgan fingerprint density at radius 1 is 1.04 bits per heavy atom. The fourth-order valence-corrected chi connectivity index (χ4v) is 4.14. The van der Waals surface area contributed by atoms with Crippen LogP contribution in [-0.2, 0) is 10.0 Å². The second-order valence-electron chi connectivity index (χ2n) is 6.28. The van der Waals surface area contributed by atoms with Crippen LogP contribution in [0, 0.1) is 5.82 Å². The minimum Gasteiger partial charge on any atom is -0.329 e. The lowest BCUT2D eigenvalue weighted by Gasteiger charge is -2.31. The second kappa shape index (κ2) is 9.97. The fraction of sp³-hybridized carbons (Fsp3) is 0.316. The molecule has 0 radical (unpaired) electrons. The van der Waals surface area contributed by atoms with Crippen molar-refractivity contribution in [2.45, 2.75) is 37.1 Å². The van der Waals surface area contributed by atoms with Crippen molar-refractivity contribution in [1.29, 1.82) is 0 Å². The van der Waals surface area contributed by atoms with Gasteiger partial charge in [0.1, 0.15) is 5.82 Å². The maximum Gasteiger partial charge on any atom is 0.255 e. The van der Waals surface area contributed by atoms with E-state index < -0.39 is 27.3 Å². The number of halogens is 2. The summed E-state index contributed by atoms with van der Waals surface area (Å²) >= 11 is 0. The number of hydrogen-bond acceptors (Lipinski definition) is 4. The highest BCUT2D eigenvalue weighted by atomic mass is 35.5. The van der Waals surface area contributed by atoms with Gasteiger partial charge in [0.15, 0.2) is 0 Å². The van der Waals surface area contributed by atoms with Crippen molar-refractivity contribution in [3.05, 3.63) is 59.9 Å². The predicted octanol–water partition coefficient (Wildman–Crippen LogP) is 3.30. The Bertz CT molecular complexity index is 875. The second-order valence-corrected chi connectivity index (χ2v) is 7.96. The van der Waals surface area contributed by atoms with E-state index in [2.05, 4.69) is 10.0 Å². The van der Waals surface area contributed by atoms with E-state index in [1.54, 1.807) is 0 Å². The Morgan fingerprint density at radius 2 is 1.57 bits per heavy atom. The zero-order valence-electron chi connectivity index (χ0n) is 15.7. The van der Waals surface area contributed by atoms with Crippen molar-refractivity contribution in [2.24, 2.45) is 5.73 Å². The molecule has 0 aliphatic rings. The van der Waals surface area contributed by atoms with Crippen LogP contribution in [0.1, 0.15) is 37.0 Å². The largest absolute Gasteiger partial charge is 0.329 e. The summed E-state index contributed by atoms with van der Waals surface area (Å²) < 4.78 is 40.9. The Kier molecular flexibility index (Phi) is 8.56. The summed E-state index contributed by atoms with van der Waals surface area (Å²) in [6.45, 7) is 3.96. The first-order valence-corrected chi connectivity index (χ1v) is 10.1. The van der Waals surface area contributed by atoms with Gasteiger partial charge in [-0.05, 0) is 61.4 Å². The molecule has 0 saturated carbocycles. The molecule has 28 heavy (non-hydrogen) atoms. The molecule has 0 fully saturated rings.